The number of hydrogen-bond acceptors (Lipinski definition) is 3. The molecule has 0 aliphatic heterocycles. The lowest BCUT2D eigenvalue weighted by Crippen LogP contribution is -2.37. The van der Waals surface area contributed by atoms with Crippen LogP contribution in [0.1, 0.15) is 12.7 Å². The fraction of sp³-hybridized carbons (Fsp3) is 0.214. The van der Waals surface area contributed by atoms with Gasteiger partial charge in [-0.15, -0.1) is 0 Å². The summed E-state index contributed by atoms with van der Waals surface area (Å²) in [5.74, 6) is 0.478. The molecule has 0 saturated carbocycles. The van der Waals surface area contributed by atoms with Crippen LogP contribution in [-0.4, -0.2) is 11.9 Å². The molecule has 2 aromatic rings. The van der Waals surface area contributed by atoms with Crippen molar-refractivity contribution in [3.63, 3.8) is 0 Å². The summed E-state index contributed by atoms with van der Waals surface area (Å²) in [5.41, 5.74) is 0.475. The van der Waals surface area contributed by atoms with Crippen LogP contribution >= 0.6 is 34.8 Å². The van der Waals surface area contributed by atoms with Crippen LogP contribution in [0.25, 0.3) is 0 Å². The first kappa shape index (κ1) is 16.0. The Morgan fingerprint density at radius 2 is 1.95 bits per heavy atom. The molecule has 7 heteroatoms. The van der Waals surface area contributed by atoms with Crippen molar-refractivity contribution in [2.75, 3.05) is 5.32 Å². The predicted molar refractivity (Wildman–Crippen MR) is 85.1 cm³/mol. The molecule has 1 atom stereocenters. The van der Waals surface area contributed by atoms with E-state index in [4.69, 9.17) is 39.2 Å². The SMILES string of the molecule is CC(Nc1c(Cl)cc(Cl)cc1Cl)C(=O)NCc1ccco1. The number of rotatable bonds is 5. The monoisotopic (exact) mass is 346 g/mol. The Kier molecular flexibility index (Phi) is 5.39. The fourth-order valence-corrected chi connectivity index (χ4v) is 2.63. The first-order valence-electron chi connectivity index (χ1n) is 6.18. The number of carbonyl (C=O) groups is 1. The lowest BCUT2D eigenvalue weighted by atomic mass is 10.2. The summed E-state index contributed by atoms with van der Waals surface area (Å²) < 4.78 is 5.14. The van der Waals surface area contributed by atoms with Gasteiger partial charge in [-0.25, -0.2) is 0 Å². The molecule has 0 spiro atoms. The molecule has 0 saturated heterocycles. The first-order valence-corrected chi connectivity index (χ1v) is 7.32. The Morgan fingerprint density at radius 3 is 2.52 bits per heavy atom. The van der Waals surface area contributed by atoms with Crippen molar-refractivity contribution in [2.24, 2.45) is 0 Å². The quantitative estimate of drug-likeness (QED) is 0.845. The van der Waals surface area contributed by atoms with E-state index in [0.29, 0.717) is 33.1 Å². The number of amides is 1. The highest BCUT2D eigenvalue weighted by atomic mass is 35.5. The largest absolute Gasteiger partial charge is 0.467 e. The molecule has 0 aliphatic carbocycles. The van der Waals surface area contributed by atoms with E-state index in [2.05, 4.69) is 10.6 Å². The molecule has 4 nitrogen and oxygen atoms in total. The van der Waals surface area contributed by atoms with E-state index in [1.807, 2.05) is 0 Å². The van der Waals surface area contributed by atoms with Crippen molar-refractivity contribution < 1.29 is 9.21 Å². The highest BCUT2D eigenvalue weighted by molar-refractivity contribution is 6.41. The van der Waals surface area contributed by atoms with Crippen LogP contribution in [0.3, 0.4) is 0 Å². The average Bonchev–Trinajstić information content (AvgIpc) is 2.93. The number of benzene rings is 1. The maximum absolute atomic E-state index is 12.0. The van der Waals surface area contributed by atoms with Gasteiger partial charge >= 0.3 is 0 Å². The summed E-state index contributed by atoms with van der Waals surface area (Å²) in [7, 11) is 0. The van der Waals surface area contributed by atoms with Gasteiger partial charge in [0, 0.05) is 5.02 Å². The second-order valence-electron chi connectivity index (χ2n) is 4.41. The van der Waals surface area contributed by atoms with E-state index in [-0.39, 0.29) is 5.91 Å². The van der Waals surface area contributed by atoms with Gasteiger partial charge in [0.2, 0.25) is 5.91 Å². The van der Waals surface area contributed by atoms with Crippen LogP contribution in [0.15, 0.2) is 34.9 Å². The van der Waals surface area contributed by atoms with Crippen LogP contribution in [0.5, 0.6) is 0 Å². The lowest BCUT2D eigenvalue weighted by molar-refractivity contribution is -0.121. The van der Waals surface area contributed by atoms with Crippen LogP contribution in [-0.2, 0) is 11.3 Å². The lowest BCUT2D eigenvalue weighted by Gasteiger charge is -2.17. The molecule has 1 aromatic carbocycles. The summed E-state index contributed by atoms with van der Waals surface area (Å²) in [5, 5.41) is 6.87. The van der Waals surface area contributed by atoms with Crippen molar-refractivity contribution >= 4 is 46.4 Å². The van der Waals surface area contributed by atoms with Crippen molar-refractivity contribution in [2.45, 2.75) is 19.5 Å². The van der Waals surface area contributed by atoms with Gasteiger partial charge in [0.25, 0.3) is 0 Å². The zero-order valence-electron chi connectivity index (χ0n) is 11.1. The summed E-state index contributed by atoms with van der Waals surface area (Å²) in [4.78, 5) is 12.0. The van der Waals surface area contributed by atoms with Gasteiger partial charge in [0.05, 0.1) is 28.5 Å². The molecule has 1 unspecified atom stereocenters. The minimum Gasteiger partial charge on any atom is -0.467 e. The zero-order chi connectivity index (χ0) is 15.4. The third-order valence-corrected chi connectivity index (χ3v) is 3.59. The average molecular weight is 348 g/mol. The molecule has 0 fully saturated rings. The van der Waals surface area contributed by atoms with Gasteiger partial charge in [-0.05, 0) is 31.2 Å². The number of nitrogens with one attached hydrogen (secondary N) is 2. The predicted octanol–water partition coefficient (Wildman–Crippen LogP) is 4.36. The van der Waals surface area contributed by atoms with Gasteiger partial charge in [0.1, 0.15) is 11.8 Å². The second kappa shape index (κ2) is 7.07. The molecule has 112 valence electrons. The highest BCUT2D eigenvalue weighted by Crippen LogP contribution is 2.34. The molecule has 1 heterocycles. The van der Waals surface area contributed by atoms with E-state index in [9.17, 15) is 4.79 Å². The van der Waals surface area contributed by atoms with Crippen LogP contribution in [0, 0.1) is 0 Å². The second-order valence-corrected chi connectivity index (χ2v) is 5.66. The third-order valence-electron chi connectivity index (χ3n) is 2.78. The van der Waals surface area contributed by atoms with Crippen LogP contribution < -0.4 is 10.6 Å². The standard InChI is InChI=1S/C14H13Cl3N2O2/c1-8(14(20)18-7-10-3-2-4-21-10)19-13-11(16)5-9(15)6-12(13)17/h2-6,8,19H,7H2,1H3,(H,18,20). The topological polar surface area (TPSA) is 54.3 Å². The number of anilines is 1. The molecule has 2 rings (SSSR count). The minimum absolute atomic E-state index is 0.200. The fourth-order valence-electron chi connectivity index (χ4n) is 1.70. The maximum Gasteiger partial charge on any atom is 0.242 e. The molecular weight excluding hydrogens is 335 g/mol. The van der Waals surface area contributed by atoms with E-state index in [0.717, 1.165) is 0 Å². The Morgan fingerprint density at radius 1 is 1.29 bits per heavy atom. The van der Waals surface area contributed by atoms with Gasteiger partial charge in [-0.1, -0.05) is 34.8 Å². The molecular formula is C14H13Cl3N2O2. The molecule has 2 N–H and O–H groups in total. The normalized spacial score (nSPS) is 12.0. The Balaban J connectivity index is 1.97. The Labute approximate surface area is 137 Å². The van der Waals surface area contributed by atoms with Crippen molar-refractivity contribution in [1.82, 2.24) is 5.32 Å². The molecule has 21 heavy (non-hydrogen) atoms. The summed E-state index contributed by atoms with van der Waals surface area (Å²) in [6, 6.07) is 6.15. The van der Waals surface area contributed by atoms with E-state index in [1.54, 1.807) is 37.5 Å². The molecule has 0 bridgehead atoms. The third kappa shape index (κ3) is 4.30. The first-order chi connectivity index (χ1) is 9.97. The van der Waals surface area contributed by atoms with Crippen molar-refractivity contribution in [3.05, 3.63) is 51.4 Å². The van der Waals surface area contributed by atoms with Gasteiger partial charge in [0.15, 0.2) is 0 Å². The molecule has 0 radical (unpaired) electrons. The van der Waals surface area contributed by atoms with Crippen molar-refractivity contribution in [1.29, 1.82) is 0 Å². The number of furan rings is 1. The maximum atomic E-state index is 12.0. The van der Waals surface area contributed by atoms with Gasteiger partial charge in [-0.3, -0.25) is 4.79 Å². The van der Waals surface area contributed by atoms with Gasteiger partial charge in [-0.2, -0.15) is 0 Å². The van der Waals surface area contributed by atoms with Crippen molar-refractivity contribution in [3.8, 4) is 0 Å². The molecule has 1 aromatic heterocycles. The summed E-state index contributed by atoms with van der Waals surface area (Å²) in [6.07, 6.45) is 1.55. The minimum atomic E-state index is -0.517. The number of carbonyl (C=O) groups excluding carboxylic acids is 1. The summed E-state index contributed by atoms with van der Waals surface area (Å²) >= 11 is 18.0. The highest BCUT2D eigenvalue weighted by Gasteiger charge is 2.16. The molecule has 0 aliphatic rings. The smallest absolute Gasteiger partial charge is 0.242 e. The summed E-state index contributed by atoms with van der Waals surface area (Å²) in [6.45, 7) is 2.03. The number of halogens is 3. The Bertz CT molecular complexity index is 606. The van der Waals surface area contributed by atoms with Crippen LogP contribution in [0.2, 0.25) is 15.1 Å². The van der Waals surface area contributed by atoms with E-state index >= 15 is 0 Å². The van der Waals surface area contributed by atoms with Crippen LogP contribution in [0.4, 0.5) is 5.69 Å². The number of hydrogen-bond donors (Lipinski definition) is 2. The van der Waals surface area contributed by atoms with E-state index < -0.39 is 6.04 Å². The zero-order valence-corrected chi connectivity index (χ0v) is 13.4. The Hall–Kier alpha value is -1.36. The van der Waals surface area contributed by atoms with E-state index in [1.165, 1.54) is 0 Å². The molecule has 1 amide bonds. The van der Waals surface area contributed by atoms with Gasteiger partial charge < -0.3 is 15.1 Å².